The van der Waals surface area contributed by atoms with Gasteiger partial charge in [0.15, 0.2) is 0 Å². The summed E-state index contributed by atoms with van der Waals surface area (Å²) in [5, 5.41) is 3.68. The number of carbonyl (C=O) groups is 1. The van der Waals surface area contributed by atoms with Gasteiger partial charge in [0.1, 0.15) is 5.75 Å². The fourth-order valence-electron chi connectivity index (χ4n) is 5.09. The molecule has 0 radical (unpaired) electrons. The number of aryl methyl sites for hydroxylation is 1. The van der Waals surface area contributed by atoms with E-state index in [-0.39, 0.29) is 11.7 Å². The molecule has 3 aromatic rings. The highest BCUT2D eigenvalue weighted by molar-refractivity contribution is 5.99. The molecule has 0 unspecified atom stereocenters. The van der Waals surface area contributed by atoms with Gasteiger partial charge in [0, 0.05) is 38.2 Å². The maximum absolute atomic E-state index is 13.1. The molecule has 0 saturated heterocycles. The van der Waals surface area contributed by atoms with E-state index >= 15 is 0 Å². The fourth-order valence-corrected chi connectivity index (χ4v) is 5.09. The minimum Gasteiger partial charge on any atom is -0.433 e. The minimum absolute atomic E-state index is 0.0127. The van der Waals surface area contributed by atoms with Crippen molar-refractivity contribution < 1.29 is 18.3 Å². The highest BCUT2D eigenvalue weighted by Gasteiger charge is 2.30. The number of alkyl halides is 2. The number of nitrogens with zero attached hydrogens (tertiary/aromatic N) is 1. The van der Waals surface area contributed by atoms with Crippen LogP contribution in [0.25, 0.3) is 0 Å². The summed E-state index contributed by atoms with van der Waals surface area (Å²) in [6.07, 6.45) is -1.13. The van der Waals surface area contributed by atoms with Crippen LogP contribution in [0.4, 0.5) is 8.78 Å². The van der Waals surface area contributed by atoms with Gasteiger partial charge in [-0.05, 0) is 65.3 Å². The monoisotopic (exact) mass is 462 g/mol. The fraction of sp³-hybridized carbons (Fsp3) is 0.321. The van der Waals surface area contributed by atoms with Gasteiger partial charge in [0.25, 0.3) is 5.91 Å². The number of amides is 1. The summed E-state index contributed by atoms with van der Waals surface area (Å²) in [5.74, 6) is 0.115. The van der Waals surface area contributed by atoms with Crippen LogP contribution in [0.5, 0.6) is 5.75 Å². The van der Waals surface area contributed by atoms with E-state index in [0.29, 0.717) is 26.1 Å². The third-order valence-corrected chi connectivity index (χ3v) is 6.58. The van der Waals surface area contributed by atoms with Crippen molar-refractivity contribution in [2.45, 2.75) is 58.5 Å². The Balaban J connectivity index is 1.22. The van der Waals surface area contributed by atoms with Crippen LogP contribution in [0.3, 0.4) is 0 Å². The van der Waals surface area contributed by atoms with E-state index in [9.17, 15) is 13.6 Å². The van der Waals surface area contributed by atoms with Crippen LogP contribution < -0.4 is 10.1 Å². The van der Waals surface area contributed by atoms with Gasteiger partial charge in [-0.1, -0.05) is 48.5 Å². The second-order valence-corrected chi connectivity index (χ2v) is 9.42. The lowest BCUT2D eigenvalue weighted by Gasteiger charge is -2.17. The van der Waals surface area contributed by atoms with Crippen molar-refractivity contribution in [3.05, 3.63) is 99.6 Å². The Morgan fingerprint density at radius 2 is 1.68 bits per heavy atom. The molecule has 34 heavy (non-hydrogen) atoms. The smallest absolute Gasteiger partial charge is 0.394 e. The standard InChI is InChI=1S/C28H28F2N2O2/c1-18-11-20(15-31-24-13-21-5-3-4-6-22(21)14-24)12-23-17-32(27(33)26(18)23)16-19-7-9-25(10-8-19)34-28(2,29)30/h3-12,24,31H,13-17H2,1-2H3. The van der Waals surface area contributed by atoms with Crippen molar-refractivity contribution in [3.8, 4) is 5.75 Å². The van der Waals surface area contributed by atoms with Crippen LogP contribution >= 0.6 is 0 Å². The summed E-state index contributed by atoms with van der Waals surface area (Å²) in [6, 6.07) is 19.7. The molecule has 1 N–H and O–H groups in total. The number of carbonyl (C=O) groups excluding carboxylic acids is 1. The molecule has 5 rings (SSSR count). The van der Waals surface area contributed by atoms with Crippen molar-refractivity contribution in [1.29, 1.82) is 0 Å². The zero-order valence-corrected chi connectivity index (χ0v) is 19.4. The number of halogens is 2. The molecule has 176 valence electrons. The lowest BCUT2D eigenvalue weighted by molar-refractivity contribution is -0.158. The summed E-state index contributed by atoms with van der Waals surface area (Å²) in [6.45, 7) is 4.43. The van der Waals surface area contributed by atoms with E-state index in [1.54, 1.807) is 17.0 Å². The van der Waals surface area contributed by atoms with E-state index in [2.05, 4.69) is 46.5 Å². The van der Waals surface area contributed by atoms with Crippen molar-refractivity contribution >= 4 is 5.91 Å². The number of nitrogens with one attached hydrogen (secondary N) is 1. The van der Waals surface area contributed by atoms with E-state index < -0.39 is 6.11 Å². The minimum atomic E-state index is -3.22. The first-order valence-electron chi connectivity index (χ1n) is 11.6. The first-order valence-corrected chi connectivity index (χ1v) is 11.6. The van der Waals surface area contributed by atoms with Crippen molar-refractivity contribution in [3.63, 3.8) is 0 Å². The molecule has 0 saturated carbocycles. The zero-order valence-electron chi connectivity index (χ0n) is 19.4. The van der Waals surface area contributed by atoms with Gasteiger partial charge in [-0.2, -0.15) is 8.78 Å². The van der Waals surface area contributed by atoms with Gasteiger partial charge in [-0.3, -0.25) is 4.79 Å². The Morgan fingerprint density at radius 1 is 1.00 bits per heavy atom. The molecule has 1 aliphatic heterocycles. The quantitative estimate of drug-likeness (QED) is 0.511. The van der Waals surface area contributed by atoms with Crippen molar-refractivity contribution in [1.82, 2.24) is 10.2 Å². The Bertz CT molecular complexity index is 1190. The lowest BCUT2D eigenvalue weighted by Crippen LogP contribution is -2.29. The van der Waals surface area contributed by atoms with Crippen LogP contribution in [0.1, 0.15) is 50.7 Å². The summed E-state index contributed by atoms with van der Waals surface area (Å²) < 4.78 is 30.7. The van der Waals surface area contributed by atoms with Gasteiger partial charge in [0.2, 0.25) is 0 Å². The van der Waals surface area contributed by atoms with E-state index in [0.717, 1.165) is 41.6 Å². The average molecular weight is 463 g/mol. The predicted octanol–water partition coefficient (Wildman–Crippen LogP) is 5.40. The molecule has 0 fully saturated rings. The maximum Gasteiger partial charge on any atom is 0.394 e. The van der Waals surface area contributed by atoms with Crippen molar-refractivity contribution in [2.24, 2.45) is 0 Å². The molecule has 4 nitrogen and oxygen atoms in total. The van der Waals surface area contributed by atoms with Crippen LogP contribution in [0.15, 0.2) is 60.7 Å². The molecule has 0 spiro atoms. The Labute approximate surface area is 198 Å². The average Bonchev–Trinajstić information content (AvgIpc) is 3.33. The largest absolute Gasteiger partial charge is 0.433 e. The van der Waals surface area contributed by atoms with Gasteiger partial charge in [-0.25, -0.2) is 0 Å². The summed E-state index contributed by atoms with van der Waals surface area (Å²) in [7, 11) is 0. The predicted molar refractivity (Wildman–Crippen MR) is 127 cm³/mol. The summed E-state index contributed by atoms with van der Waals surface area (Å²) in [4.78, 5) is 14.9. The highest BCUT2D eigenvalue weighted by Crippen LogP contribution is 2.30. The molecule has 0 atom stereocenters. The molecule has 1 aliphatic carbocycles. The number of ether oxygens (including phenoxy) is 1. The number of hydrogen-bond donors (Lipinski definition) is 1. The highest BCUT2D eigenvalue weighted by atomic mass is 19.3. The van der Waals surface area contributed by atoms with Gasteiger partial charge in [0.05, 0.1) is 0 Å². The Hall–Kier alpha value is -3.25. The molecule has 0 bridgehead atoms. The zero-order chi connectivity index (χ0) is 23.9. The van der Waals surface area contributed by atoms with E-state index in [1.807, 2.05) is 6.92 Å². The third kappa shape index (κ3) is 4.82. The molecule has 1 amide bonds. The molecule has 1 heterocycles. The molecule has 0 aromatic heterocycles. The van der Waals surface area contributed by atoms with Crippen LogP contribution in [0.2, 0.25) is 0 Å². The van der Waals surface area contributed by atoms with Crippen LogP contribution in [0, 0.1) is 6.92 Å². The second-order valence-electron chi connectivity index (χ2n) is 9.42. The van der Waals surface area contributed by atoms with Gasteiger partial charge < -0.3 is 15.0 Å². The first-order chi connectivity index (χ1) is 16.2. The number of fused-ring (bicyclic) bond motifs is 2. The van der Waals surface area contributed by atoms with E-state index in [4.69, 9.17) is 0 Å². The normalized spacial score (nSPS) is 15.5. The lowest BCUT2D eigenvalue weighted by atomic mass is 10.00. The maximum atomic E-state index is 13.1. The first kappa shape index (κ1) is 22.5. The molecular weight excluding hydrogens is 434 g/mol. The van der Waals surface area contributed by atoms with Gasteiger partial charge in [-0.15, -0.1) is 0 Å². The summed E-state index contributed by atoms with van der Waals surface area (Å²) >= 11 is 0. The van der Waals surface area contributed by atoms with E-state index in [1.165, 1.54) is 28.8 Å². The second kappa shape index (κ2) is 8.84. The topological polar surface area (TPSA) is 41.6 Å². The number of benzene rings is 3. The molecule has 3 aromatic carbocycles. The Morgan fingerprint density at radius 3 is 2.32 bits per heavy atom. The number of rotatable bonds is 7. The van der Waals surface area contributed by atoms with Crippen LogP contribution in [-0.2, 0) is 32.5 Å². The third-order valence-electron chi connectivity index (χ3n) is 6.58. The van der Waals surface area contributed by atoms with Gasteiger partial charge >= 0.3 is 6.11 Å². The number of hydrogen-bond acceptors (Lipinski definition) is 3. The SMILES string of the molecule is Cc1cc(CNC2Cc3ccccc3C2)cc2c1C(=O)N(Cc1ccc(OC(C)(F)F)cc1)C2. The molecular formula is C28H28F2N2O2. The van der Waals surface area contributed by atoms with Crippen LogP contribution in [-0.4, -0.2) is 23.0 Å². The molecule has 2 aliphatic rings. The Kier molecular flexibility index (Phi) is 5.86. The summed E-state index contributed by atoms with van der Waals surface area (Å²) in [5.41, 5.74) is 7.72. The van der Waals surface area contributed by atoms with Crippen molar-refractivity contribution in [2.75, 3.05) is 0 Å². The molecule has 6 heteroatoms.